The van der Waals surface area contributed by atoms with Gasteiger partial charge >= 0.3 is 15.6 Å². The Kier molecular flexibility index (Phi) is 6.53. The first-order valence-corrected chi connectivity index (χ1v) is 16.7. The second-order valence-electron chi connectivity index (χ2n) is 11.5. The molecule has 24 heteroatoms. The molecule has 0 radical (unpaired) electrons. The van der Waals surface area contributed by atoms with Gasteiger partial charge in [-0.3, -0.25) is 32.4 Å². The summed E-state index contributed by atoms with van der Waals surface area (Å²) in [6.07, 6.45) is -6.50. The molecule has 2 aliphatic carbocycles. The molecule has 2 bridgehead atoms. The van der Waals surface area contributed by atoms with Gasteiger partial charge in [-0.15, -0.1) is 0 Å². The number of nitrogens with zero attached hydrogens (tertiary/aromatic N) is 7. The summed E-state index contributed by atoms with van der Waals surface area (Å²) in [6.45, 7) is -1.51. The number of nitrogens with one attached hydrogen (secondary N) is 1. The molecule has 3 unspecified atom stereocenters. The summed E-state index contributed by atoms with van der Waals surface area (Å²) in [5.41, 5.74) is 9.73. The molecule has 2 aliphatic heterocycles. The highest BCUT2D eigenvalue weighted by Gasteiger charge is 2.74. The lowest BCUT2D eigenvalue weighted by molar-refractivity contribution is -0.0661. The molecule has 0 aromatic carbocycles. The van der Waals surface area contributed by atoms with Crippen molar-refractivity contribution in [2.75, 3.05) is 24.7 Å². The van der Waals surface area contributed by atoms with Gasteiger partial charge in [0.2, 0.25) is 5.95 Å². The number of aliphatic hydroxyl groups is 1. The molecule has 2 saturated heterocycles. The van der Waals surface area contributed by atoms with E-state index in [1.54, 1.807) is 0 Å². The van der Waals surface area contributed by atoms with Crippen LogP contribution < -0.4 is 17.0 Å². The molecule has 21 nitrogen and oxygen atoms in total. The average Bonchev–Trinajstić information content (AvgIpc) is 3.26. The minimum absolute atomic E-state index is 0.0894. The van der Waals surface area contributed by atoms with E-state index in [0.29, 0.717) is 0 Å². The Morgan fingerprint density at radius 1 is 1.02 bits per heavy atom. The van der Waals surface area contributed by atoms with E-state index in [1.807, 2.05) is 0 Å². The summed E-state index contributed by atoms with van der Waals surface area (Å²) in [6, 6.07) is -0.850. The van der Waals surface area contributed by atoms with E-state index in [-0.39, 0.29) is 40.5 Å². The van der Waals surface area contributed by atoms with Gasteiger partial charge in [0, 0.05) is 5.41 Å². The minimum Gasteiger partial charge on any atom is -0.388 e. The maximum Gasteiger partial charge on any atom is 0.472 e. The summed E-state index contributed by atoms with van der Waals surface area (Å²) >= 11 is 0. The van der Waals surface area contributed by atoms with E-state index in [4.69, 9.17) is 34.3 Å². The Morgan fingerprint density at radius 3 is 2.57 bits per heavy atom. The quantitative estimate of drug-likeness (QED) is 0.142. The zero-order valence-corrected chi connectivity index (χ0v) is 24.9. The van der Waals surface area contributed by atoms with E-state index in [0.717, 1.165) is 10.9 Å². The van der Waals surface area contributed by atoms with Gasteiger partial charge in [-0.05, 0) is 12.3 Å². The summed E-state index contributed by atoms with van der Waals surface area (Å²) in [4.78, 5) is 56.4. The lowest BCUT2D eigenvalue weighted by atomic mass is 10.0. The minimum atomic E-state index is -5.13. The third-order valence-electron chi connectivity index (χ3n) is 8.91. The molecule has 1 spiro atoms. The molecule has 8 rings (SSSR count). The van der Waals surface area contributed by atoms with E-state index >= 15 is 4.39 Å². The first-order valence-electron chi connectivity index (χ1n) is 13.7. The normalized spacial score (nSPS) is 41.0. The first-order chi connectivity index (χ1) is 21.8. The van der Waals surface area contributed by atoms with Gasteiger partial charge in [-0.2, -0.15) is 4.98 Å². The maximum absolute atomic E-state index is 15.8. The number of fused-ring (bicyclic) bond motifs is 4. The molecule has 2 saturated carbocycles. The highest BCUT2D eigenvalue weighted by Crippen LogP contribution is 2.72. The van der Waals surface area contributed by atoms with Crippen molar-refractivity contribution in [3.63, 3.8) is 0 Å². The number of ether oxygens (including phenoxy) is 1. The largest absolute Gasteiger partial charge is 0.472 e. The maximum atomic E-state index is 15.8. The second kappa shape index (κ2) is 10.0. The lowest BCUT2D eigenvalue weighted by Crippen LogP contribution is -2.38. The fourth-order valence-electron chi connectivity index (χ4n) is 6.78. The van der Waals surface area contributed by atoms with Gasteiger partial charge in [0.25, 0.3) is 5.56 Å². The molecular weight excluding hydrogens is 661 g/mol. The van der Waals surface area contributed by atoms with Crippen molar-refractivity contribution in [2.24, 2.45) is 11.3 Å². The third kappa shape index (κ3) is 4.52. The zero-order valence-electron chi connectivity index (χ0n) is 23.1. The van der Waals surface area contributed by atoms with Crippen molar-refractivity contribution in [2.45, 2.75) is 49.3 Å². The van der Waals surface area contributed by atoms with Crippen LogP contribution in [0.25, 0.3) is 22.3 Å². The van der Waals surface area contributed by atoms with Gasteiger partial charge in [0.05, 0.1) is 31.9 Å². The van der Waals surface area contributed by atoms with Crippen LogP contribution in [-0.4, -0.2) is 97.7 Å². The number of rotatable bonds is 2. The Labute approximate surface area is 254 Å². The number of nitrogen functional groups attached to an aromatic ring is 2. The lowest BCUT2D eigenvalue weighted by Gasteiger charge is -2.30. The van der Waals surface area contributed by atoms with Crippen LogP contribution >= 0.6 is 15.6 Å². The third-order valence-corrected chi connectivity index (χ3v) is 10.8. The number of anilines is 2. The van der Waals surface area contributed by atoms with Gasteiger partial charge in [0.15, 0.2) is 35.0 Å². The average molecular weight is 686 g/mol. The number of imidazole rings is 2. The number of aromatic amines is 1. The number of alkyl halides is 1. The van der Waals surface area contributed by atoms with Gasteiger partial charge in [0.1, 0.15) is 36.3 Å². The van der Waals surface area contributed by atoms with E-state index < -0.39 is 88.6 Å². The monoisotopic (exact) mass is 686 g/mol. The smallest absolute Gasteiger partial charge is 0.388 e. The molecule has 4 aliphatic rings. The highest BCUT2D eigenvalue weighted by atomic mass is 31.2. The van der Waals surface area contributed by atoms with Crippen LogP contribution in [0.1, 0.15) is 18.7 Å². The van der Waals surface area contributed by atoms with E-state index in [1.165, 1.54) is 17.2 Å². The van der Waals surface area contributed by atoms with Crippen LogP contribution in [-0.2, 0) is 32.0 Å². The van der Waals surface area contributed by atoms with Crippen molar-refractivity contribution < 1.29 is 51.2 Å². The number of H-pyrrole nitrogens is 1. The summed E-state index contributed by atoms with van der Waals surface area (Å²) in [5.74, 6) is -0.751. The Morgan fingerprint density at radius 2 is 1.76 bits per heavy atom. The number of phosphoric acid groups is 2. The summed E-state index contributed by atoms with van der Waals surface area (Å²) in [5, 5.41) is 11.4. The fraction of sp³-hybridized carbons (Fsp3) is 0.545. The molecule has 4 aromatic heterocycles. The molecule has 11 atom stereocenters. The van der Waals surface area contributed by atoms with Crippen molar-refractivity contribution in [1.82, 2.24) is 39.0 Å². The van der Waals surface area contributed by atoms with Gasteiger partial charge in [-0.25, -0.2) is 33.5 Å². The van der Waals surface area contributed by atoms with E-state index in [2.05, 4.69) is 29.9 Å². The van der Waals surface area contributed by atoms with Crippen LogP contribution in [0.15, 0.2) is 23.8 Å². The molecule has 246 valence electrons. The van der Waals surface area contributed by atoms with Crippen LogP contribution in [0.5, 0.6) is 0 Å². The van der Waals surface area contributed by atoms with Gasteiger partial charge < -0.3 is 35.7 Å². The van der Waals surface area contributed by atoms with Gasteiger partial charge in [-0.1, -0.05) is 0 Å². The van der Waals surface area contributed by atoms with Crippen molar-refractivity contribution in [3.05, 3.63) is 29.3 Å². The predicted octanol–water partition coefficient (Wildman–Crippen LogP) is -0.701. The predicted molar refractivity (Wildman–Crippen MR) is 148 cm³/mol. The molecular formula is C22H25FN10O11P2. The molecule has 4 aromatic rings. The summed E-state index contributed by atoms with van der Waals surface area (Å²) in [7, 11) is -10.2. The highest BCUT2D eigenvalue weighted by molar-refractivity contribution is 7.47. The SMILES string of the molecule is Nc1nc2c(ncn2[C@@H]2O[C@@H]3COP(=O)(O)O[C@H]4[C@@H](O)[C@H](n5cnc6c(N)ncnc65)[C@H]5CC54COP(=O)(O)O[C@@H]2[C@@H]3F)c(=O)[nH]1. The molecule has 6 heterocycles. The van der Waals surface area contributed by atoms with Crippen LogP contribution in [0.4, 0.5) is 16.2 Å². The number of halogens is 1. The number of aliphatic hydroxyl groups excluding tert-OH is 1. The Bertz CT molecular complexity index is 2040. The fourth-order valence-corrected chi connectivity index (χ4v) is 8.79. The molecule has 46 heavy (non-hydrogen) atoms. The molecule has 4 fully saturated rings. The van der Waals surface area contributed by atoms with Crippen LogP contribution in [0.2, 0.25) is 0 Å². The Balaban J connectivity index is 1.14. The summed E-state index contributed by atoms with van der Waals surface area (Å²) < 4.78 is 72.0. The van der Waals surface area contributed by atoms with E-state index in [9.17, 15) is 28.8 Å². The number of hydrogen-bond acceptors (Lipinski definition) is 16. The van der Waals surface area contributed by atoms with Crippen molar-refractivity contribution >= 4 is 49.7 Å². The topological polar surface area (TPSA) is 300 Å². The standard InChI is InChI=1S/C22H25FN10O11P2/c23-9-8-2-40-45(36,37)44-15-13(34)12(32-5-28-10-16(24)26-4-27-17(10)32)7-1-22(7,15)3-41-46(38,39)43-14(9)20(42-8)33-6-29-11-18(33)30-21(25)31-19(11)35/h4-9,12-15,20,34H,1-3H2,(H,36,37)(H,38,39)(H2,24,26,27)(H3,25,30,31,35)/t7-,8-,9-,12-,13+,14-,15+,20-,22?/m1/s1. The van der Waals surface area contributed by atoms with Crippen molar-refractivity contribution in [3.8, 4) is 0 Å². The number of hydrogen-bond donors (Lipinski definition) is 6. The second-order valence-corrected chi connectivity index (χ2v) is 14.3. The zero-order chi connectivity index (χ0) is 32.3. The van der Waals surface area contributed by atoms with Crippen molar-refractivity contribution in [1.29, 1.82) is 0 Å². The first kappa shape index (κ1) is 29.9. The number of nitrogens with two attached hydrogens (primary N) is 2. The molecule has 8 N–H and O–H groups in total. The number of aromatic nitrogens is 8. The molecule has 0 amide bonds. The Hall–Kier alpha value is -3.43. The number of phosphoric ester groups is 2. The van der Waals surface area contributed by atoms with Crippen LogP contribution in [0, 0.1) is 11.3 Å². The van der Waals surface area contributed by atoms with Crippen LogP contribution in [0.3, 0.4) is 0 Å².